The van der Waals surface area contributed by atoms with Gasteiger partial charge in [-0.1, -0.05) is 29.8 Å². The summed E-state index contributed by atoms with van der Waals surface area (Å²) in [6.45, 7) is 0. The standard InChI is InChI=1S/C24H22BrClN2O3/c1-30-21-11-8-15(12-18(21)25)24-27-19(14-6-9-16(26)10-7-14)13-20(28-24)17-4-3-5-22(31-2)23(17)29/h3-13,20,24,27-29H,1-2H3/p+1. The molecule has 0 amide bonds. The fourth-order valence-corrected chi connectivity index (χ4v) is 4.44. The number of hydrogen-bond acceptors (Lipinski definition) is 4. The van der Waals surface area contributed by atoms with Crippen LogP contribution in [0.3, 0.4) is 0 Å². The Morgan fingerprint density at radius 2 is 1.74 bits per heavy atom. The zero-order chi connectivity index (χ0) is 22.0. The number of phenols is 1. The largest absolute Gasteiger partial charge is 0.504 e. The normalized spacial score (nSPS) is 18.1. The number of aromatic hydroxyl groups is 1. The first-order chi connectivity index (χ1) is 15.0. The number of para-hydroxylation sites is 1. The molecule has 3 aromatic rings. The van der Waals surface area contributed by atoms with E-state index < -0.39 is 0 Å². The summed E-state index contributed by atoms with van der Waals surface area (Å²) in [6, 6.07) is 19.1. The molecular weight excluding hydrogens is 480 g/mol. The number of rotatable bonds is 5. The highest BCUT2D eigenvalue weighted by Crippen LogP contribution is 2.36. The van der Waals surface area contributed by atoms with Gasteiger partial charge in [0.15, 0.2) is 17.7 Å². The molecule has 1 aliphatic rings. The monoisotopic (exact) mass is 501 g/mol. The quantitative estimate of drug-likeness (QED) is 0.470. The van der Waals surface area contributed by atoms with Gasteiger partial charge in [0.05, 0.1) is 24.3 Å². The fraction of sp³-hybridized carbons (Fsp3) is 0.167. The number of nitrogens with two attached hydrogens (primary N) is 1. The number of hydrogen-bond donors (Lipinski definition) is 3. The van der Waals surface area contributed by atoms with Gasteiger partial charge in [-0.25, -0.2) is 0 Å². The molecule has 4 N–H and O–H groups in total. The van der Waals surface area contributed by atoms with Crippen molar-refractivity contribution in [2.24, 2.45) is 0 Å². The van der Waals surface area contributed by atoms with Crippen LogP contribution >= 0.6 is 27.5 Å². The first-order valence-corrected chi connectivity index (χ1v) is 11.0. The minimum Gasteiger partial charge on any atom is -0.504 e. The molecule has 31 heavy (non-hydrogen) atoms. The summed E-state index contributed by atoms with van der Waals surface area (Å²) in [7, 11) is 3.20. The molecule has 7 heteroatoms. The maximum Gasteiger partial charge on any atom is 0.186 e. The molecule has 160 valence electrons. The number of nitrogens with one attached hydrogen (secondary N) is 1. The van der Waals surface area contributed by atoms with E-state index in [-0.39, 0.29) is 18.0 Å². The molecule has 0 saturated heterocycles. The van der Waals surface area contributed by atoms with Gasteiger partial charge in [-0.15, -0.1) is 0 Å². The van der Waals surface area contributed by atoms with Crippen molar-refractivity contribution in [1.82, 2.24) is 5.32 Å². The van der Waals surface area contributed by atoms with Crippen molar-refractivity contribution in [3.05, 3.63) is 92.9 Å². The highest BCUT2D eigenvalue weighted by Gasteiger charge is 2.30. The van der Waals surface area contributed by atoms with Crippen molar-refractivity contribution in [3.63, 3.8) is 0 Å². The van der Waals surface area contributed by atoms with Crippen LogP contribution in [-0.2, 0) is 0 Å². The van der Waals surface area contributed by atoms with E-state index in [9.17, 15) is 5.11 Å². The topological polar surface area (TPSA) is 67.3 Å². The molecule has 0 aliphatic carbocycles. The van der Waals surface area contributed by atoms with Crippen LogP contribution in [0.15, 0.2) is 71.2 Å². The Hall–Kier alpha value is -2.67. The summed E-state index contributed by atoms with van der Waals surface area (Å²) >= 11 is 9.67. The fourth-order valence-electron chi connectivity index (χ4n) is 3.75. The minimum absolute atomic E-state index is 0.0894. The van der Waals surface area contributed by atoms with Crippen molar-refractivity contribution < 1.29 is 19.9 Å². The van der Waals surface area contributed by atoms with E-state index >= 15 is 0 Å². The first kappa shape index (κ1) is 21.6. The van der Waals surface area contributed by atoms with Gasteiger partial charge in [-0.2, -0.15) is 0 Å². The van der Waals surface area contributed by atoms with Crippen LogP contribution in [0.1, 0.15) is 28.9 Å². The average molecular weight is 503 g/mol. The van der Waals surface area contributed by atoms with E-state index in [2.05, 4.69) is 32.6 Å². The van der Waals surface area contributed by atoms with Crippen LogP contribution in [0.5, 0.6) is 17.2 Å². The maximum absolute atomic E-state index is 10.8. The summed E-state index contributed by atoms with van der Waals surface area (Å²) in [4.78, 5) is 0. The lowest BCUT2D eigenvalue weighted by Crippen LogP contribution is -2.89. The molecule has 0 aromatic heterocycles. The predicted molar refractivity (Wildman–Crippen MR) is 125 cm³/mol. The molecule has 1 heterocycles. The van der Waals surface area contributed by atoms with Gasteiger partial charge in [0, 0.05) is 22.4 Å². The van der Waals surface area contributed by atoms with Crippen molar-refractivity contribution in [2.75, 3.05) is 14.2 Å². The van der Waals surface area contributed by atoms with Gasteiger partial charge in [-0.05, 0) is 64.0 Å². The molecule has 0 fully saturated rings. The van der Waals surface area contributed by atoms with Crippen LogP contribution in [0.4, 0.5) is 0 Å². The smallest absolute Gasteiger partial charge is 0.186 e. The third-order valence-corrected chi connectivity index (χ3v) is 6.23. The second-order valence-corrected chi connectivity index (χ2v) is 8.51. The van der Waals surface area contributed by atoms with Gasteiger partial charge >= 0.3 is 0 Å². The first-order valence-electron chi connectivity index (χ1n) is 9.78. The molecule has 0 saturated carbocycles. The van der Waals surface area contributed by atoms with Gasteiger partial charge in [0.1, 0.15) is 11.8 Å². The van der Waals surface area contributed by atoms with E-state index in [1.807, 2.05) is 54.6 Å². The third-order valence-electron chi connectivity index (χ3n) is 5.36. The molecule has 2 atom stereocenters. The number of methoxy groups -OCH3 is 2. The van der Waals surface area contributed by atoms with Gasteiger partial charge in [-0.3, -0.25) is 0 Å². The van der Waals surface area contributed by atoms with E-state index in [4.69, 9.17) is 21.1 Å². The van der Waals surface area contributed by atoms with E-state index in [1.54, 1.807) is 20.3 Å². The molecule has 1 aliphatic heterocycles. The van der Waals surface area contributed by atoms with E-state index in [1.165, 1.54) is 0 Å². The van der Waals surface area contributed by atoms with Crippen LogP contribution in [0.2, 0.25) is 5.02 Å². The SMILES string of the molecule is COc1ccc(C2NC(c3ccc(Cl)cc3)=CC(c3cccc(OC)c3O)[NH2+]2)cc1Br. The molecule has 3 aromatic carbocycles. The zero-order valence-corrected chi connectivity index (χ0v) is 19.4. The number of phenolic OH excluding ortho intramolecular Hbond substituents is 1. The van der Waals surface area contributed by atoms with E-state index in [0.717, 1.165) is 32.6 Å². The molecule has 5 nitrogen and oxygen atoms in total. The second-order valence-electron chi connectivity index (χ2n) is 7.22. The third kappa shape index (κ3) is 4.51. The summed E-state index contributed by atoms with van der Waals surface area (Å²) in [5.41, 5.74) is 3.83. The molecule has 0 spiro atoms. The molecule has 0 bridgehead atoms. The van der Waals surface area contributed by atoms with Gasteiger partial charge in [0.25, 0.3) is 0 Å². The number of ether oxygens (including phenoxy) is 2. The van der Waals surface area contributed by atoms with Crippen molar-refractivity contribution in [3.8, 4) is 17.2 Å². The highest BCUT2D eigenvalue weighted by atomic mass is 79.9. The van der Waals surface area contributed by atoms with Crippen LogP contribution in [0.25, 0.3) is 5.70 Å². The van der Waals surface area contributed by atoms with Crippen LogP contribution < -0.4 is 20.1 Å². The lowest BCUT2D eigenvalue weighted by atomic mass is 9.97. The van der Waals surface area contributed by atoms with Crippen LogP contribution in [-0.4, -0.2) is 19.3 Å². The Bertz CT molecular complexity index is 1120. The molecule has 0 radical (unpaired) electrons. The Kier molecular flexibility index (Phi) is 6.41. The van der Waals surface area contributed by atoms with Gasteiger partial charge in [0.2, 0.25) is 0 Å². The lowest BCUT2D eigenvalue weighted by molar-refractivity contribution is -0.731. The molecule has 2 unspecified atom stereocenters. The molecular formula is C24H23BrClN2O3+. The number of quaternary nitrogens is 1. The summed E-state index contributed by atoms with van der Waals surface area (Å²) in [6.07, 6.45) is 2.01. The summed E-state index contributed by atoms with van der Waals surface area (Å²) in [5, 5.41) is 17.2. The Balaban J connectivity index is 1.77. The predicted octanol–water partition coefficient (Wildman–Crippen LogP) is 4.77. The van der Waals surface area contributed by atoms with Crippen molar-refractivity contribution >= 4 is 33.2 Å². The lowest BCUT2D eigenvalue weighted by Gasteiger charge is -2.30. The maximum atomic E-state index is 10.8. The van der Waals surface area contributed by atoms with Gasteiger partial charge < -0.3 is 25.2 Å². The Labute approximate surface area is 194 Å². The Morgan fingerprint density at radius 1 is 1.00 bits per heavy atom. The zero-order valence-electron chi connectivity index (χ0n) is 17.1. The number of benzene rings is 3. The molecule has 4 rings (SSSR count). The number of halogens is 2. The van der Waals surface area contributed by atoms with Crippen molar-refractivity contribution in [2.45, 2.75) is 12.2 Å². The highest BCUT2D eigenvalue weighted by molar-refractivity contribution is 9.10. The minimum atomic E-state index is -0.132. The summed E-state index contributed by atoms with van der Waals surface area (Å²) < 4.78 is 11.6. The second kappa shape index (κ2) is 9.22. The Morgan fingerprint density at radius 3 is 2.42 bits per heavy atom. The average Bonchev–Trinajstić information content (AvgIpc) is 2.79. The van der Waals surface area contributed by atoms with Crippen LogP contribution in [0, 0.1) is 0 Å². The summed E-state index contributed by atoms with van der Waals surface area (Å²) in [5.74, 6) is 1.37. The van der Waals surface area contributed by atoms with Crippen molar-refractivity contribution in [1.29, 1.82) is 0 Å². The van der Waals surface area contributed by atoms with E-state index in [0.29, 0.717) is 10.8 Å².